The number of hydrogen-bond donors (Lipinski definition) is 0. The summed E-state index contributed by atoms with van der Waals surface area (Å²) in [6.45, 7) is 1.98. The number of carbonyl (C=O) groups is 1. The molecule has 0 aliphatic rings. The lowest BCUT2D eigenvalue weighted by molar-refractivity contribution is -0.112. The minimum Gasteiger partial charge on any atom is -0.281 e. The molecule has 10 heavy (non-hydrogen) atoms. The van der Waals surface area contributed by atoms with E-state index in [1.54, 1.807) is 0 Å². The first-order valence-electron chi connectivity index (χ1n) is 3.49. The average Bonchev–Trinajstić information content (AvgIpc) is 1.82. The van der Waals surface area contributed by atoms with Gasteiger partial charge in [0.1, 0.15) is 6.17 Å². The smallest absolute Gasteiger partial charge is 0.224 e. The van der Waals surface area contributed by atoms with Gasteiger partial charge in [-0.05, 0) is 18.0 Å². The summed E-state index contributed by atoms with van der Waals surface area (Å²) in [5, 5.41) is -0.580. The zero-order valence-corrected chi connectivity index (χ0v) is 6.83. The molecule has 0 N–H and O–H groups in total. The number of rotatable bonds is 5. The highest BCUT2D eigenvalue weighted by atomic mass is 35.5. The van der Waals surface area contributed by atoms with E-state index in [1.807, 2.05) is 6.92 Å². The van der Waals surface area contributed by atoms with Crippen LogP contribution >= 0.6 is 11.6 Å². The molecular formula is C7H12ClFO. The van der Waals surface area contributed by atoms with Crippen molar-refractivity contribution < 1.29 is 9.18 Å². The van der Waals surface area contributed by atoms with E-state index in [0.29, 0.717) is 6.42 Å². The van der Waals surface area contributed by atoms with Crippen LogP contribution in [0.3, 0.4) is 0 Å². The van der Waals surface area contributed by atoms with Crippen LogP contribution in [0.1, 0.15) is 32.6 Å². The summed E-state index contributed by atoms with van der Waals surface area (Å²) in [7, 11) is 0. The maximum atomic E-state index is 12.5. The summed E-state index contributed by atoms with van der Waals surface area (Å²) in [4.78, 5) is 10.1. The highest BCUT2D eigenvalue weighted by Gasteiger charge is 2.08. The van der Waals surface area contributed by atoms with Gasteiger partial charge in [0.15, 0.2) is 0 Å². The molecule has 0 radical (unpaired) electrons. The molecule has 0 aliphatic carbocycles. The minimum absolute atomic E-state index is 0.137. The van der Waals surface area contributed by atoms with Crippen molar-refractivity contribution in [3.05, 3.63) is 0 Å². The lowest BCUT2D eigenvalue weighted by Crippen LogP contribution is -2.03. The molecule has 0 spiro atoms. The van der Waals surface area contributed by atoms with Crippen molar-refractivity contribution in [3.63, 3.8) is 0 Å². The second-order valence-corrected chi connectivity index (χ2v) is 2.72. The van der Waals surface area contributed by atoms with Crippen LogP contribution in [-0.2, 0) is 4.79 Å². The van der Waals surface area contributed by atoms with Crippen molar-refractivity contribution in [2.24, 2.45) is 0 Å². The molecule has 0 fully saturated rings. The van der Waals surface area contributed by atoms with Crippen molar-refractivity contribution in [3.8, 4) is 0 Å². The fourth-order valence-corrected chi connectivity index (χ4v) is 0.869. The normalized spacial score (nSPS) is 13.1. The van der Waals surface area contributed by atoms with Crippen LogP contribution in [0.2, 0.25) is 0 Å². The Morgan fingerprint density at radius 3 is 2.70 bits per heavy atom. The Balaban J connectivity index is 3.25. The van der Waals surface area contributed by atoms with E-state index >= 15 is 0 Å². The van der Waals surface area contributed by atoms with Crippen LogP contribution in [-0.4, -0.2) is 11.4 Å². The summed E-state index contributed by atoms with van der Waals surface area (Å²) in [5.41, 5.74) is 0. The predicted octanol–water partition coefficient (Wildman–Crippen LogP) is 2.67. The van der Waals surface area contributed by atoms with Gasteiger partial charge in [-0.3, -0.25) is 4.79 Å². The largest absolute Gasteiger partial charge is 0.281 e. The Kier molecular flexibility index (Phi) is 5.60. The van der Waals surface area contributed by atoms with Crippen LogP contribution in [0, 0.1) is 0 Å². The fraction of sp³-hybridized carbons (Fsp3) is 0.857. The van der Waals surface area contributed by atoms with Crippen LogP contribution in [0.4, 0.5) is 4.39 Å². The van der Waals surface area contributed by atoms with E-state index in [4.69, 9.17) is 11.6 Å². The SMILES string of the molecule is CCCCC(F)CC(=O)Cl. The third-order valence-electron chi connectivity index (χ3n) is 1.25. The van der Waals surface area contributed by atoms with E-state index in [0.717, 1.165) is 12.8 Å². The third kappa shape index (κ3) is 6.02. The van der Waals surface area contributed by atoms with Crippen LogP contribution in [0.5, 0.6) is 0 Å². The Morgan fingerprint density at radius 1 is 1.70 bits per heavy atom. The monoisotopic (exact) mass is 166 g/mol. The molecule has 0 rings (SSSR count). The summed E-state index contributed by atoms with van der Waals surface area (Å²) >= 11 is 4.97. The zero-order valence-electron chi connectivity index (χ0n) is 6.07. The van der Waals surface area contributed by atoms with Crippen LogP contribution < -0.4 is 0 Å². The standard InChI is InChI=1S/C7H12ClFO/c1-2-3-4-6(9)5-7(8)10/h6H,2-5H2,1H3. The van der Waals surface area contributed by atoms with Gasteiger partial charge in [0.2, 0.25) is 5.24 Å². The van der Waals surface area contributed by atoms with Crippen molar-refractivity contribution in [1.82, 2.24) is 0 Å². The molecule has 0 amide bonds. The van der Waals surface area contributed by atoms with Crippen LogP contribution in [0.25, 0.3) is 0 Å². The van der Waals surface area contributed by atoms with Gasteiger partial charge in [0.05, 0.1) is 6.42 Å². The van der Waals surface area contributed by atoms with Crippen molar-refractivity contribution in [2.75, 3.05) is 0 Å². The van der Waals surface area contributed by atoms with Gasteiger partial charge in [-0.2, -0.15) is 0 Å². The first-order valence-corrected chi connectivity index (χ1v) is 3.87. The predicted molar refractivity (Wildman–Crippen MR) is 39.9 cm³/mol. The summed E-state index contributed by atoms with van der Waals surface area (Å²) in [5.74, 6) is 0. The molecule has 0 aliphatic heterocycles. The molecule has 60 valence electrons. The maximum Gasteiger partial charge on any atom is 0.224 e. The summed E-state index contributed by atoms with van der Waals surface area (Å²) in [6.07, 6.45) is 1.06. The number of halogens is 2. The highest BCUT2D eigenvalue weighted by Crippen LogP contribution is 2.09. The molecule has 0 heterocycles. The van der Waals surface area contributed by atoms with Crippen molar-refractivity contribution >= 4 is 16.8 Å². The maximum absolute atomic E-state index is 12.5. The first-order chi connectivity index (χ1) is 4.66. The topological polar surface area (TPSA) is 17.1 Å². The quantitative estimate of drug-likeness (QED) is 0.574. The molecule has 0 saturated heterocycles. The molecule has 1 unspecified atom stereocenters. The summed E-state index contributed by atoms with van der Waals surface area (Å²) in [6, 6.07) is 0. The van der Waals surface area contributed by atoms with Crippen molar-refractivity contribution in [2.45, 2.75) is 38.8 Å². The molecule has 1 atom stereocenters. The van der Waals surface area contributed by atoms with Gasteiger partial charge >= 0.3 is 0 Å². The number of alkyl halides is 1. The van der Waals surface area contributed by atoms with Gasteiger partial charge in [-0.25, -0.2) is 4.39 Å². The average molecular weight is 167 g/mol. The Labute approximate surface area is 65.6 Å². The first kappa shape index (κ1) is 9.89. The molecular weight excluding hydrogens is 155 g/mol. The summed E-state index contributed by atoms with van der Waals surface area (Å²) < 4.78 is 12.5. The lowest BCUT2D eigenvalue weighted by Gasteiger charge is -2.01. The van der Waals surface area contributed by atoms with Crippen molar-refractivity contribution in [1.29, 1.82) is 0 Å². The van der Waals surface area contributed by atoms with Gasteiger partial charge in [0, 0.05) is 0 Å². The van der Waals surface area contributed by atoms with E-state index in [2.05, 4.69) is 0 Å². The third-order valence-corrected chi connectivity index (χ3v) is 1.41. The van der Waals surface area contributed by atoms with E-state index in [9.17, 15) is 9.18 Å². The Morgan fingerprint density at radius 2 is 2.30 bits per heavy atom. The zero-order chi connectivity index (χ0) is 7.98. The second-order valence-electron chi connectivity index (χ2n) is 2.30. The number of hydrogen-bond acceptors (Lipinski definition) is 1. The number of unbranched alkanes of at least 4 members (excludes halogenated alkanes) is 1. The molecule has 1 nitrogen and oxygen atoms in total. The minimum atomic E-state index is -1.04. The van der Waals surface area contributed by atoms with Gasteiger partial charge < -0.3 is 0 Å². The molecule has 3 heteroatoms. The van der Waals surface area contributed by atoms with E-state index < -0.39 is 11.4 Å². The highest BCUT2D eigenvalue weighted by molar-refractivity contribution is 6.63. The van der Waals surface area contributed by atoms with Crippen LogP contribution in [0.15, 0.2) is 0 Å². The van der Waals surface area contributed by atoms with Gasteiger partial charge in [-0.15, -0.1) is 0 Å². The van der Waals surface area contributed by atoms with E-state index in [-0.39, 0.29) is 6.42 Å². The molecule has 0 aromatic heterocycles. The Bertz CT molecular complexity index is 106. The number of carbonyl (C=O) groups excluding carboxylic acids is 1. The fourth-order valence-electron chi connectivity index (χ4n) is 0.702. The second kappa shape index (κ2) is 5.66. The molecule has 0 saturated carbocycles. The van der Waals surface area contributed by atoms with Gasteiger partial charge in [-0.1, -0.05) is 19.8 Å². The molecule has 0 aromatic carbocycles. The molecule has 0 bridgehead atoms. The Hall–Kier alpha value is -0.110. The lowest BCUT2D eigenvalue weighted by atomic mass is 10.1. The molecule has 0 aromatic rings. The van der Waals surface area contributed by atoms with E-state index in [1.165, 1.54) is 0 Å². The van der Waals surface area contributed by atoms with Gasteiger partial charge in [0.25, 0.3) is 0 Å².